The van der Waals surface area contributed by atoms with Gasteiger partial charge in [0.2, 0.25) is 10.0 Å². The van der Waals surface area contributed by atoms with Gasteiger partial charge < -0.3 is 10.6 Å². The van der Waals surface area contributed by atoms with Gasteiger partial charge in [-0.25, -0.2) is 12.8 Å². The molecule has 6 nitrogen and oxygen atoms in total. The van der Waals surface area contributed by atoms with E-state index in [1.165, 1.54) is 16.4 Å². The third-order valence-corrected chi connectivity index (χ3v) is 6.41. The second kappa shape index (κ2) is 9.66. The zero-order valence-electron chi connectivity index (χ0n) is 16.6. The van der Waals surface area contributed by atoms with E-state index in [0.717, 1.165) is 11.1 Å². The first-order valence-corrected chi connectivity index (χ1v) is 10.4. The quantitative estimate of drug-likeness (QED) is 0.548. The molecule has 0 atom stereocenters. The normalized spacial score (nSPS) is 12.5. The summed E-state index contributed by atoms with van der Waals surface area (Å²) in [6.07, 6.45) is 0. The molecule has 0 aliphatic carbocycles. The molecule has 2 aromatic rings. The Bertz CT molecular complexity index is 912. The number of nitrogens with one attached hydrogen (secondary N) is 2. The molecule has 0 radical (unpaired) electrons. The second-order valence-electron chi connectivity index (χ2n) is 6.67. The lowest BCUT2D eigenvalue weighted by molar-refractivity contribution is 0.410. The van der Waals surface area contributed by atoms with Crippen LogP contribution in [-0.2, 0) is 23.1 Å². The van der Waals surface area contributed by atoms with Crippen molar-refractivity contribution >= 4 is 16.0 Å². The standard InChI is InChI=1S/C20H27FN4O2S/c1-15(2)25(4)28(26,27)19-10-8-16(9-11-19)13-23-20(22-3)24-14-17-6-5-7-18(21)12-17/h5-12,15H,13-14H2,1-4H3,(H2,22,23,24). The lowest BCUT2D eigenvalue weighted by Crippen LogP contribution is -2.36. The van der Waals surface area contributed by atoms with Gasteiger partial charge in [-0.05, 0) is 49.2 Å². The molecule has 0 aliphatic heterocycles. The van der Waals surface area contributed by atoms with E-state index in [1.807, 2.05) is 19.9 Å². The maximum Gasteiger partial charge on any atom is 0.243 e. The van der Waals surface area contributed by atoms with E-state index in [9.17, 15) is 12.8 Å². The predicted octanol–water partition coefficient (Wildman–Crippen LogP) is 2.72. The summed E-state index contributed by atoms with van der Waals surface area (Å²) >= 11 is 0. The van der Waals surface area contributed by atoms with E-state index < -0.39 is 10.0 Å². The first kappa shape index (κ1) is 21.8. The third-order valence-electron chi connectivity index (χ3n) is 4.36. The average molecular weight is 407 g/mol. The van der Waals surface area contributed by atoms with Crippen LogP contribution < -0.4 is 10.6 Å². The Morgan fingerprint density at radius 1 is 1.07 bits per heavy atom. The number of hydrogen-bond donors (Lipinski definition) is 2. The van der Waals surface area contributed by atoms with Crippen molar-refractivity contribution in [3.63, 3.8) is 0 Å². The Morgan fingerprint density at radius 2 is 1.68 bits per heavy atom. The van der Waals surface area contributed by atoms with Crippen LogP contribution in [0.2, 0.25) is 0 Å². The Labute approximate surface area is 166 Å². The van der Waals surface area contributed by atoms with Crippen LogP contribution in [0.15, 0.2) is 58.4 Å². The fraction of sp³-hybridized carbons (Fsp3) is 0.350. The minimum absolute atomic E-state index is 0.112. The van der Waals surface area contributed by atoms with Gasteiger partial charge in [-0.3, -0.25) is 4.99 Å². The number of sulfonamides is 1. The van der Waals surface area contributed by atoms with Crippen LogP contribution in [0.1, 0.15) is 25.0 Å². The largest absolute Gasteiger partial charge is 0.352 e. The van der Waals surface area contributed by atoms with E-state index in [1.54, 1.807) is 44.4 Å². The summed E-state index contributed by atoms with van der Waals surface area (Å²) in [5.41, 5.74) is 1.73. The highest BCUT2D eigenvalue weighted by Gasteiger charge is 2.22. The molecule has 0 unspecified atom stereocenters. The molecule has 8 heteroatoms. The van der Waals surface area contributed by atoms with Crippen molar-refractivity contribution in [1.82, 2.24) is 14.9 Å². The van der Waals surface area contributed by atoms with Crippen molar-refractivity contribution in [3.8, 4) is 0 Å². The zero-order chi connectivity index (χ0) is 20.7. The van der Waals surface area contributed by atoms with Crippen LogP contribution >= 0.6 is 0 Å². The highest BCUT2D eigenvalue weighted by atomic mass is 32.2. The molecule has 0 spiro atoms. The number of guanidine groups is 1. The summed E-state index contributed by atoms with van der Waals surface area (Å²) in [5.74, 6) is 0.293. The Balaban J connectivity index is 1.94. The lowest BCUT2D eigenvalue weighted by atomic mass is 10.2. The lowest BCUT2D eigenvalue weighted by Gasteiger charge is -2.21. The molecule has 0 aliphatic rings. The smallest absolute Gasteiger partial charge is 0.243 e. The SMILES string of the molecule is CN=C(NCc1ccc(S(=O)(=O)N(C)C(C)C)cc1)NCc1cccc(F)c1. The predicted molar refractivity (Wildman–Crippen MR) is 110 cm³/mol. The summed E-state index contributed by atoms with van der Waals surface area (Å²) in [5, 5.41) is 6.27. The molecule has 0 heterocycles. The number of benzene rings is 2. The summed E-state index contributed by atoms with van der Waals surface area (Å²) in [4.78, 5) is 4.40. The van der Waals surface area contributed by atoms with E-state index in [0.29, 0.717) is 19.0 Å². The molecule has 2 rings (SSSR count). The van der Waals surface area contributed by atoms with Gasteiger partial charge in [-0.15, -0.1) is 0 Å². The molecular weight excluding hydrogens is 379 g/mol. The molecule has 0 bridgehead atoms. The van der Waals surface area contributed by atoms with Crippen molar-refractivity contribution in [2.75, 3.05) is 14.1 Å². The van der Waals surface area contributed by atoms with E-state index in [2.05, 4.69) is 15.6 Å². The zero-order valence-corrected chi connectivity index (χ0v) is 17.4. The van der Waals surface area contributed by atoms with Crippen molar-refractivity contribution in [2.24, 2.45) is 4.99 Å². The van der Waals surface area contributed by atoms with Crippen molar-refractivity contribution in [3.05, 3.63) is 65.5 Å². The molecule has 0 aromatic heterocycles. The van der Waals surface area contributed by atoms with Crippen molar-refractivity contribution in [1.29, 1.82) is 0 Å². The molecule has 0 saturated heterocycles. The first-order chi connectivity index (χ1) is 13.2. The van der Waals surface area contributed by atoms with E-state index >= 15 is 0 Å². The van der Waals surface area contributed by atoms with Crippen LogP contribution in [0, 0.1) is 5.82 Å². The van der Waals surface area contributed by atoms with Crippen LogP contribution in [0.3, 0.4) is 0 Å². The summed E-state index contributed by atoms with van der Waals surface area (Å²) in [6.45, 7) is 4.58. The van der Waals surface area contributed by atoms with Crippen LogP contribution in [0.4, 0.5) is 4.39 Å². The number of rotatable bonds is 7. The summed E-state index contributed by atoms with van der Waals surface area (Å²) in [6, 6.07) is 13.0. The third kappa shape index (κ3) is 5.77. The van der Waals surface area contributed by atoms with Crippen LogP contribution in [0.25, 0.3) is 0 Å². The average Bonchev–Trinajstić information content (AvgIpc) is 2.67. The highest BCUT2D eigenvalue weighted by Crippen LogP contribution is 2.17. The first-order valence-electron chi connectivity index (χ1n) is 9.00. The monoisotopic (exact) mass is 406 g/mol. The van der Waals surface area contributed by atoms with Gasteiger partial charge >= 0.3 is 0 Å². The summed E-state index contributed by atoms with van der Waals surface area (Å²) < 4.78 is 39.6. The fourth-order valence-electron chi connectivity index (χ4n) is 2.46. The molecule has 152 valence electrons. The molecule has 0 fully saturated rings. The van der Waals surface area contributed by atoms with Gasteiger partial charge in [-0.1, -0.05) is 24.3 Å². The summed E-state index contributed by atoms with van der Waals surface area (Å²) in [7, 11) is -0.263. The van der Waals surface area contributed by atoms with Gasteiger partial charge in [0.05, 0.1) is 4.90 Å². The fourth-order valence-corrected chi connectivity index (χ4v) is 3.83. The maximum absolute atomic E-state index is 13.2. The van der Waals surface area contributed by atoms with Crippen LogP contribution in [-0.4, -0.2) is 38.8 Å². The topological polar surface area (TPSA) is 73.8 Å². The number of nitrogens with zero attached hydrogens (tertiary/aromatic N) is 2. The molecule has 0 amide bonds. The maximum atomic E-state index is 13.2. The van der Waals surface area contributed by atoms with E-state index in [-0.39, 0.29) is 16.8 Å². The van der Waals surface area contributed by atoms with Gasteiger partial charge in [-0.2, -0.15) is 4.31 Å². The van der Waals surface area contributed by atoms with Crippen LogP contribution in [0.5, 0.6) is 0 Å². The minimum Gasteiger partial charge on any atom is -0.352 e. The Hall–Kier alpha value is -2.45. The van der Waals surface area contributed by atoms with Gasteiger partial charge in [0.1, 0.15) is 5.82 Å². The van der Waals surface area contributed by atoms with Crippen molar-refractivity contribution in [2.45, 2.75) is 37.9 Å². The Morgan fingerprint density at radius 3 is 2.21 bits per heavy atom. The molecule has 2 N–H and O–H groups in total. The molecule has 28 heavy (non-hydrogen) atoms. The minimum atomic E-state index is -3.49. The Kier molecular flexibility index (Phi) is 7.53. The molecular formula is C20H27FN4O2S. The number of halogens is 1. The van der Waals surface area contributed by atoms with Gasteiger partial charge in [0.15, 0.2) is 5.96 Å². The number of aliphatic imine (C=N–C) groups is 1. The van der Waals surface area contributed by atoms with E-state index in [4.69, 9.17) is 0 Å². The van der Waals surface area contributed by atoms with Gasteiger partial charge in [0, 0.05) is 33.2 Å². The molecule has 0 saturated carbocycles. The number of hydrogen-bond acceptors (Lipinski definition) is 3. The second-order valence-corrected chi connectivity index (χ2v) is 8.67. The van der Waals surface area contributed by atoms with Crippen molar-refractivity contribution < 1.29 is 12.8 Å². The van der Waals surface area contributed by atoms with Gasteiger partial charge in [0.25, 0.3) is 0 Å². The highest BCUT2D eigenvalue weighted by molar-refractivity contribution is 7.89. The molecule has 2 aromatic carbocycles.